The lowest BCUT2D eigenvalue weighted by atomic mass is 10.2. The molecule has 2 rings (SSSR count). The van der Waals surface area contributed by atoms with Gasteiger partial charge >= 0.3 is 0 Å². The van der Waals surface area contributed by atoms with Crippen LogP contribution in [0.15, 0.2) is 0 Å². The number of rotatable bonds is 1. The lowest BCUT2D eigenvalue weighted by Crippen LogP contribution is -2.00. The molecule has 0 radical (unpaired) electrons. The third kappa shape index (κ3) is 1.58. The molecule has 0 aromatic carbocycles. The van der Waals surface area contributed by atoms with Gasteiger partial charge in [0.05, 0.1) is 6.61 Å². The van der Waals surface area contributed by atoms with Gasteiger partial charge in [-0.1, -0.05) is 18.0 Å². The van der Waals surface area contributed by atoms with Gasteiger partial charge in [0, 0.05) is 13.0 Å². The molecule has 0 amide bonds. The summed E-state index contributed by atoms with van der Waals surface area (Å²) in [6, 6.07) is 0. The Balaban J connectivity index is 2.38. The fourth-order valence-corrected chi connectivity index (χ4v) is 2.06. The largest absolute Gasteiger partial charge is 0.390 e. The predicted octanol–water partition coefficient (Wildman–Crippen LogP) is 1.76. The topological polar surface area (TPSA) is 38.1 Å². The van der Waals surface area contributed by atoms with Crippen molar-refractivity contribution < 1.29 is 5.11 Å². The predicted molar refractivity (Wildman–Crippen MR) is 50.7 cm³/mol. The zero-order valence-corrected chi connectivity index (χ0v) is 8.22. The zero-order valence-electron chi connectivity index (χ0n) is 7.46. The Kier molecular flexibility index (Phi) is 2.56. The minimum absolute atomic E-state index is 0.0567. The summed E-state index contributed by atoms with van der Waals surface area (Å²) >= 11 is 6.06. The fourth-order valence-electron chi connectivity index (χ4n) is 1.78. The standard InChI is InChI=1S/C9H13ClN2O/c10-9-7(6-13)11-8-4-2-1-3-5-12(8)9/h13H,1-6H2. The Bertz CT molecular complexity index is 309. The average molecular weight is 201 g/mol. The van der Waals surface area contributed by atoms with Crippen molar-refractivity contribution in [3.63, 3.8) is 0 Å². The fraction of sp³-hybridized carbons (Fsp3) is 0.667. The highest BCUT2D eigenvalue weighted by molar-refractivity contribution is 6.30. The molecule has 1 aromatic heterocycles. The Hall–Kier alpha value is -0.540. The number of hydrogen-bond acceptors (Lipinski definition) is 2. The minimum Gasteiger partial charge on any atom is -0.390 e. The first-order chi connectivity index (χ1) is 6.33. The third-order valence-electron chi connectivity index (χ3n) is 2.48. The number of nitrogens with zero attached hydrogens (tertiary/aromatic N) is 2. The van der Waals surface area contributed by atoms with Crippen molar-refractivity contribution in [2.45, 2.75) is 38.8 Å². The van der Waals surface area contributed by atoms with Crippen LogP contribution in [0.1, 0.15) is 30.8 Å². The Labute approximate surface area is 82.4 Å². The molecule has 0 spiro atoms. The number of fused-ring (bicyclic) bond motifs is 1. The van der Waals surface area contributed by atoms with E-state index in [9.17, 15) is 0 Å². The highest BCUT2D eigenvalue weighted by Crippen LogP contribution is 2.23. The zero-order chi connectivity index (χ0) is 9.26. The molecular weight excluding hydrogens is 188 g/mol. The number of aryl methyl sites for hydroxylation is 1. The first-order valence-electron chi connectivity index (χ1n) is 4.67. The summed E-state index contributed by atoms with van der Waals surface area (Å²) in [5.74, 6) is 1.03. The van der Waals surface area contributed by atoms with Gasteiger partial charge in [0.1, 0.15) is 16.7 Å². The molecule has 1 aliphatic rings. The molecule has 0 aliphatic carbocycles. The van der Waals surface area contributed by atoms with Gasteiger partial charge < -0.3 is 9.67 Å². The van der Waals surface area contributed by atoms with E-state index in [-0.39, 0.29) is 6.61 Å². The van der Waals surface area contributed by atoms with Crippen LogP contribution in [0.25, 0.3) is 0 Å². The molecule has 0 fully saturated rings. The summed E-state index contributed by atoms with van der Waals surface area (Å²) in [5.41, 5.74) is 0.624. The Morgan fingerprint density at radius 3 is 3.00 bits per heavy atom. The van der Waals surface area contributed by atoms with Crippen LogP contribution in [0.4, 0.5) is 0 Å². The summed E-state index contributed by atoms with van der Waals surface area (Å²) in [4.78, 5) is 4.31. The van der Waals surface area contributed by atoms with E-state index in [4.69, 9.17) is 16.7 Å². The summed E-state index contributed by atoms with van der Waals surface area (Å²) in [6.45, 7) is 0.889. The molecule has 3 nitrogen and oxygen atoms in total. The first-order valence-corrected chi connectivity index (χ1v) is 5.05. The van der Waals surface area contributed by atoms with Crippen LogP contribution in [0.2, 0.25) is 5.15 Å². The van der Waals surface area contributed by atoms with E-state index in [0.29, 0.717) is 10.8 Å². The SMILES string of the molecule is OCc1nc2n(c1Cl)CCCCC2. The lowest BCUT2D eigenvalue weighted by Gasteiger charge is -2.02. The van der Waals surface area contributed by atoms with Crippen molar-refractivity contribution >= 4 is 11.6 Å². The number of aliphatic hydroxyl groups is 1. The maximum Gasteiger partial charge on any atom is 0.134 e. The Morgan fingerprint density at radius 2 is 2.23 bits per heavy atom. The van der Waals surface area contributed by atoms with Crippen molar-refractivity contribution in [1.82, 2.24) is 9.55 Å². The van der Waals surface area contributed by atoms with Crippen LogP contribution >= 0.6 is 11.6 Å². The molecule has 72 valence electrons. The summed E-state index contributed by atoms with van der Waals surface area (Å²) in [6.07, 6.45) is 4.57. The number of halogens is 1. The molecule has 4 heteroatoms. The van der Waals surface area contributed by atoms with Crippen molar-refractivity contribution in [2.75, 3.05) is 0 Å². The van der Waals surface area contributed by atoms with Crippen molar-refractivity contribution in [2.24, 2.45) is 0 Å². The molecule has 0 atom stereocenters. The number of hydrogen-bond donors (Lipinski definition) is 1. The molecule has 0 saturated heterocycles. The van der Waals surface area contributed by atoms with E-state index in [1.165, 1.54) is 12.8 Å². The number of aliphatic hydroxyl groups excluding tert-OH is 1. The molecule has 0 saturated carbocycles. The molecule has 0 bridgehead atoms. The molecule has 2 heterocycles. The van der Waals surface area contributed by atoms with Crippen LogP contribution in [0.3, 0.4) is 0 Å². The molecule has 0 unspecified atom stereocenters. The van der Waals surface area contributed by atoms with Gasteiger partial charge in [0.25, 0.3) is 0 Å². The maximum atomic E-state index is 8.98. The smallest absolute Gasteiger partial charge is 0.134 e. The van der Waals surface area contributed by atoms with Crippen LogP contribution in [0, 0.1) is 0 Å². The van der Waals surface area contributed by atoms with Gasteiger partial charge in [-0.3, -0.25) is 0 Å². The number of aromatic nitrogens is 2. The van der Waals surface area contributed by atoms with Crippen LogP contribution in [-0.2, 0) is 19.6 Å². The Morgan fingerprint density at radius 1 is 1.38 bits per heavy atom. The summed E-state index contributed by atoms with van der Waals surface area (Å²) < 4.78 is 2.03. The van der Waals surface area contributed by atoms with Gasteiger partial charge in [-0.25, -0.2) is 4.98 Å². The first kappa shape index (κ1) is 9.03. The second-order valence-electron chi connectivity index (χ2n) is 3.39. The highest BCUT2D eigenvalue weighted by atomic mass is 35.5. The van der Waals surface area contributed by atoms with E-state index >= 15 is 0 Å². The lowest BCUT2D eigenvalue weighted by molar-refractivity contribution is 0.277. The molecular formula is C9H13ClN2O. The molecule has 13 heavy (non-hydrogen) atoms. The van der Waals surface area contributed by atoms with Gasteiger partial charge in [0.2, 0.25) is 0 Å². The third-order valence-corrected chi connectivity index (χ3v) is 2.90. The second-order valence-corrected chi connectivity index (χ2v) is 3.74. The van der Waals surface area contributed by atoms with E-state index in [1.807, 2.05) is 4.57 Å². The normalized spacial score (nSPS) is 16.8. The second kappa shape index (κ2) is 3.68. The quantitative estimate of drug-likeness (QED) is 0.750. The van der Waals surface area contributed by atoms with Gasteiger partial charge in [0.15, 0.2) is 0 Å². The monoisotopic (exact) mass is 200 g/mol. The summed E-state index contributed by atoms with van der Waals surface area (Å²) in [7, 11) is 0. The van der Waals surface area contributed by atoms with Crippen molar-refractivity contribution in [1.29, 1.82) is 0 Å². The highest BCUT2D eigenvalue weighted by Gasteiger charge is 2.16. The number of imidazole rings is 1. The molecule has 1 N–H and O–H groups in total. The van der Waals surface area contributed by atoms with Gasteiger partial charge in [-0.05, 0) is 12.8 Å². The van der Waals surface area contributed by atoms with E-state index in [2.05, 4.69) is 4.98 Å². The van der Waals surface area contributed by atoms with Gasteiger partial charge in [-0.15, -0.1) is 0 Å². The minimum atomic E-state index is -0.0567. The van der Waals surface area contributed by atoms with E-state index in [0.717, 1.165) is 25.2 Å². The van der Waals surface area contributed by atoms with E-state index < -0.39 is 0 Å². The molecule has 1 aliphatic heterocycles. The van der Waals surface area contributed by atoms with Crippen LogP contribution < -0.4 is 0 Å². The van der Waals surface area contributed by atoms with Gasteiger partial charge in [-0.2, -0.15) is 0 Å². The van der Waals surface area contributed by atoms with Crippen molar-refractivity contribution in [3.05, 3.63) is 16.7 Å². The van der Waals surface area contributed by atoms with Crippen LogP contribution in [0.5, 0.6) is 0 Å². The average Bonchev–Trinajstić information content (AvgIpc) is 2.37. The van der Waals surface area contributed by atoms with Crippen LogP contribution in [-0.4, -0.2) is 14.7 Å². The van der Waals surface area contributed by atoms with E-state index in [1.54, 1.807) is 0 Å². The van der Waals surface area contributed by atoms with Crippen molar-refractivity contribution in [3.8, 4) is 0 Å². The summed E-state index contributed by atoms with van der Waals surface area (Å²) in [5, 5.41) is 9.60. The maximum absolute atomic E-state index is 8.98. The molecule has 1 aromatic rings.